The Morgan fingerprint density at radius 3 is 1.77 bits per heavy atom. The molecule has 13 heavy (non-hydrogen) atoms. The molecule has 0 saturated heterocycles. The van der Waals surface area contributed by atoms with Gasteiger partial charge in [-0.25, -0.2) is 0 Å². The van der Waals surface area contributed by atoms with Crippen molar-refractivity contribution in [3.63, 3.8) is 0 Å². The maximum absolute atomic E-state index is 6.28. The van der Waals surface area contributed by atoms with Crippen LogP contribution >= 0.6 is 11.6 Å². The Balaban J connectivity index is 0.000000845. The minimum Gasteiger partial charge on any atom is -0.113 e. The molecular weight excluding hydrogens is 259 g/mol. The summed E-state index contributed by atoms with van der Waals surface area (Å²) >= 11 is 6.28. The van der Waals surface area contributed by atoms with Crippen LogP contribution < -0.4 is 0 Å². The smallest absolute Gasteiger partial charge is 0.0767 e. The summed E-state index contributed by atoms with van der Waals surface area (Å²) in [5.74, 6) is 0. The van der Waals surface area contributed by atoms with Gasteiger partial charge in [-0.15, -0.1) is 11.6 Å². The fraction of sp³-hybridized carbons (Fsp3) is 0.273. The van der Waals surface area contributed by atoms with Gasteiger partial charge in [0.15, 0.2) is 0 Å². The van der Waals surface area contributed by atoms with Gasteiger partial charge in [-0.2, -0.15) is 0 Å². The van der Waals surface area contributed by atoms with E-state index in [0.29, 0.717) is 0 Å². The number of hydrogen-bond acceptors (Lipinski definition) is 0. The number of halogens is 1. The van der Waals surface area contributed by atoms with Crippen molar-refractivity contribution < 1.29 is 26.2 Å². The Hall–Kier alpha value is 0.133. The first kappa shape index (κ1) is 11.2. The molecule has 2 aliphatic carbocycles. The molecule has 2 aliphatic rings. The van der Waals surface area contributed by atoms with E-state index in [1.165, 1.54) is 11.1 Å². The number of hydrogen-bond donors (Lipinski definition) is 0. The molecule has 0 unspecified atom stereocenters. The summed E-state index contributed by atoms with van der Waals surface area (Å²) in [5, 5.41) is 0.120. The predicted octanol–water partition coefficient (Wildman–Crippen LogP) is 3.36. The third-order valence-corrected chi connectivity index (χ3v) is 2.81. The van der Waals surface area contributed by atoms with Crippen LogP contribution in [-0.4, -0.2) is 5.38 Å². The molecule has 0 N–H and O–H groups in total. The second-order valence-corrected chi connectivity index (χ2v) is 3.55. The van der Waals surface area contributed by atoms with Crippen LogP contribution in [-0.2, 0) is 26.2 Å². The van der Waals surface area contributed by atoms with Gasteiger partial charge < -0.3 is 0 Å². The summed E-state index contributed by atoms with van der Waals surface area (Å²) in [5.41, 5.74) is 2.65. The SMILES string of the molecule is ClC(C1=CC=CC1)C1=CC=CC1.[Zr]. The van der Waals surface area contributed by atoms with Crippen molar-refractivity contribution in [3.8, 4) is 0 Å². The number of rotatable bonds is 2. The molecule has 0 heterocycles. The molecule has 0 radical (unpaired) electrons. The molecule has 2 heteroatoms. The quantitative estimate of drug-likeness (QED) is 0.675. The van der Waals surface area contributed by atoms with Gasteiger partial charge in [0, 0.05) is 26.2 Å². The first-order valence-corrected chi connectivity index (χ1v) is 4.67. The molecule has 0 aromatic heterocycles. The molecule has 0 atom stereocenters. The van der Waals surface area contributed by atoms with Crippen LogP contribution in [0.1, 0.15) is 12.8 Å². The van der Waals surface area contributed by atoms with Crippen molar-refractivity contribution in [2.75, 3.05) is 0 Å². The van der Waals surface area contributed by atoms with Gasteiger partial charge in [-0.05, 0) is 24.0 Å². The third-order valence-electron chi connectivity index (χ3n) is 2.25. The molecule has 0 aliphatic heterocycles. The van der Waals surface area contributed by atoms with Gasteiger partial charge in [0.1, 0.15) is 0 Å². The minimum absolute atomic E-state index is 0. The largest absolute Gasteiger partial charge is 0.113 e. The van der Waals surface area contributed by atoms with E-state index in [1.807, 2.05) is 0 Å². The van der Waals surface area contributed by atoms with Crippen LogP contribution in [0.4, 0.5) is 0 Å². The molecule has 0 aromatic rings. The molecule has 0 spiro atoms. The Labute approximate surface area is 103 Å². The standard InChI is InChI=1S/C11H11Cl.Zr/c12-11(9-5-1-2-6-9)10-7-3-4-8-10;/h1-5,7,11H,6,8H2;. The van der Waals surface area contributed by atoms with Crippen LogP contribution in [0.15, 0.2) is 47.6 Å². The Morgan fingerprint density at radius 1 is 1.00 bits per heavy atom. The Kier molecular flexibility index (Phi) is 4.42. The van der Waals surface area contributed by atoms with Crippen molar-refractivity contribution in [1.82, 2.24) is 0 Å². The van der Waals surface area contributed by atoms with E-state index >= 15 is 0 Å². The topological polar surface area (TPSA) is 0 Å². The second kappa shape index (κ2) is 5.12. The van der Waals surface area contributed by atoms with Crippen molar-refractivity contribution in [2.45, 2.75) is 18.2 Å². The zero-order valence-electron chi connectivity index (χ0n) is 7.33. The summed E-state index contributed by atoms with van der Waals surface area (Å²) in [6, 6.07) is 0. The average molecular weight is 270 g/mol. The summed E-state index contributed by atoms with van der Waals surface area (Å²) in [7, 11) is 0. The van der Waals surface area contributed by atoms with Gasteiger partial charge >= 0.3 is 0 Å². The average Bonchev–Trinajstić information content (AvgIpc) is 2.77. The Bertz CT molecular complexity index is 267. The molecular formula is C11H11ClZr. The molecule has 0 fully saturated rings. The summed E-state index contributed by atoms with van der Waals surface area (Å²) in [6.07, 6.45) is 14.7. The van der Waals surface area contributed by atoms with E-state index in [-0.39, 0.29) is 31.6 Å². The summed E-state index contributed by atoms with van der Waals surface area (Å²) < 4.78 is 0. The summed E-state index contributed by atoms with van der Waals surface area (Å²) in [6.45, 7) is 0. The molecule has 66 valence electrons. The van der Waals surface area contributed by atoms with Crippen LogP contribution in [0.5, 0.6) is 0 Å². The van der Waals surface area contributed by atoms with E-state index in [1.54, 1.807) is 0 Å². The van der Waals surface area contributed by atoms with E-state index in [2.05, 4.69) is 36.5 Å². The van der Waals surface area contributed by atoms with Crippen molar-refractivity contribution >= 4 is 11.6 Å². The normalized spacial score (nSPS) is 18.9. The second-order valence-electron chi connectivity index (χ2n) is 3.11. The van der Waals surface area contributed by atoms with Gasteiger partial charge in [-0.1, -0.05) is 36.5 Å². The van der Waals surface area contributed by atoms with Crippen molar-refractivity contribution in [1.29, 1.82) is 0 Å². The molecule has 0 bridgehead atoms. The number of alkyl halides is 1. The van der Waals surface area contributed by atoms with Gasteiger partial charge in [0.2, 0.25) is 0 Å². The maximum atomic E-state index is 6.28. The fourth-order valence-electron chi connectivity index (χ4n) is 1.54. The zero-order valence-corrected chi connectivity index (χ0v) is 10.5. The molecule has 0 nitrogen and oxygen atoms in total. The molecule has 0 amide bonds. The van der Waals surface area contributed by atoms with E-state index in [9.17, 15) is 0 Å². The van der Waals surface area contributed by atoms with Gasteiger partial charge in [0.25, 0.3) is 0 Å². The van der Waals surface area contributed by atoms with E-state index in [0.717, 1.165) is 12.8 Å². The maximum Gasteiger partial charge on any atom is 0.0767 e. The van der Waals surface area contributed by atoms with Crippen LogP contribution in [0, 0.1) is 0 Å². The fourth-order valence-corrected chi connectivity index (χ4v) is 1.87. The molecule has 0 aromatic carbocycles. The van der Waals surface area contributed by atoms with E-state index in [4.69, 9.17) is 11.6 Å². The number of allylic oxidation sites excluding steroid dienone is 8. The third kappa shape index (κ3) is 2.54. The molecule has 2 rings (SSSR count). The zero-order chi connectivity index (χ0) is 8.39. The Morgan fingerprint density at radius 2 is 1.46 bits per heavy atom. The minimum atomic E-state index is 0. The van der Waals surface area contributed by atoms with Crippen molar-refractivity contribution in [3.05, 3.63) is 47.6 Å². The van der Waals surface area contributed by atoms with Crippen LogP contribution in [0.2, 0.25) is 0 Å². The molecule has 0 saturated carbocycles. The first-order valence-electron chi connectivity index (χ1n) is 4.23. The first-order chi connectivity index (χ1) is 5.88. The van der Waals surface area contributed by atoms with Gasteiger partial charge in [0.05, 0.1) is 5.38 Å². The summed E-state index contributed by atoms with van der Waals surface area (Å²) in [4.78, 5) is 0. The van der Waals surface area contributed by atoms with Gasteiger partial charge in [-0.3, -0.25) is 0 Å². The monoisotopic (exact) mass is 268 g/mol. The van der Waals surface area contributed by atoms with Crippen molar-refractivity contribution in [2.24, 2.45) is 0 Å². The van der Waals surface area contributed by atoms with E-state index < -0.39 is 0 Å². The van der Waals surface area contributed by atoms with Crippen LogP contribution in [0.3, 0.4) is 0 Å². The predicted molar refractivity (Wildman–Crippen MR) is 53.3 cm³/mol. The van der Waals surface area contributed by atoms with Crippen LogP contribution in [0.25, 0.3) is 0 Å².